The third-order valence-corrected chi connectivity index (χ3v) is 4.69. The second kappa shape index (κ2) is 5.33. The summed E-state index contributed by atoms with van der Waals surface area (Å²) in [7, 11) is 0. The first-order valence-corrected chi connectivity index (χ1v) is 7.54. The van der Waals surface area contributed by atoms with Crippen molar-refractivity contribution in [2.45, 2.75) is 44.9 Å². The Morgan fingerprint density at radius 2 is 1.81 bits per heavy atom. The van der Waals surface area contributed by atoms with Crippen LogP contribution < -0.4 is 4.90 Å². The van der Waals surface area contributed by atoms with E-state index >= 15 is 0 Å². The van der Waals surface area contributed by atoms with Crippen LogP contribution in [0.5, 0.6) is 0 Å². The molecule has 2 amide bonds. The molecule has 1 saturated carbocycles. The number of imide groups is 1. The fourth-order valence-electron chi connectivity index (χ4n) is 3.57. The third kappa shape index (κ3) is 2.33. The van der Waals surface area contributed by atoms with E-state index < -0.39 is 5.41 Å². The predicted molar refractivity (Wildman–Crippen MR) is 78.4 cm³/mol. The Morgan fingerprint density at radius 1 is 1.10 bits per heavy atom. The molecular formula is C17H18N2O2. The van der Waals surface area contributed by atoms with Gasteiger partial charge in [0.1, 0.15) is 0 Å². The fourth-order valence-corrected chi connectivity index (χ4v) is 3.57. The molecule has 1 aliphatic carbocycles. The molecule has 0 atom stereocenters. The second-order valence-electron chi connectivity index (χ2n) is 6.07. The number of nitrogens with zero attached hydrogens (tertiary/aromatic N) is 2. The Balaban J connectivity index is 1.95. The van der Waals surface area contributed by atoms with Gasteiger partial charge in [0.05, 0.1) is 22.7 Å². The minimum atomic E-state index is -0.490. The molecule has 0 unspecified atom stereocenters. The Labute approximate surface area is 124 Å². The largest absolute Gasteiger partial charge is 0.274 e. The molecule has 0 bridgehead atoms. The summed E-state index contributed by atoms with van der Waals surface area (Å²) in [6.45, 7) is 0. The molecule has 1 heterocycles. The summed E-state index contributed by atoms with van der Waals surface area (Å²) in [5.41, 5.74) is 0.510. The lowest BCUT2D eigenvalue weighted by Crippen LogP contribution is -2.35. The molecule has 2 fully saturated rings. The van der Waals surface area contributed by atoms with Crippen molar-refractivity contribution < 1.29 is 9.59 Å². The van der Waals surface area contributed by atoms with E-state index in [0.29, 0.717) is 17.7 Å². The topological polar surface area (TPSA) is 61.2 Å². The molecule has 108 valence electrons. The maximum absolute atomic E-state index is 12.9. The Morgan fingerprint density at radius 3 is 2.48 bits per heavy atom. The molecule has 1 aromatic rings. The molecular weight excluding hydrogens is 264 g/mol. The van der Waals surface area contributed by atoms with Gasteiger partial charge in [0.25, 0.3) is 0 Å². The van der Waals surface area contributed by atoms with Crippen LogP contribution in [-0.2, 0) is 9.59 Å². The zero-order valence-electron chi connectivity index (χ0n) is 12.0. The summed E-state index contributed by atoms with van der Waals surface area (Å²) in [6, 6.07) is 8.79. The Kier molecular flexibility index (Phi) is 3.50. The highest BCUT2D eigenvalue weighted by Crippen LogP contribution is 2.45. The summed E-state index contributed by atoms with van der Waals surface area (Å²) < 4.78 is 0. The summed E-state index contributed by atoms with van der Waals surface area (Å²) in [5.74, 6) is -0.193. The van der Waals surface area contributed by atoms with Crippen LogP contribution in [0, 0.1) is 16.7 Å². The normalized spacial score (nSPS) is 21.4. The monoisotopic (exact) mass is 282 g/mol. The van der Waals surface area contributed by atoms with E-state index in [-0.39, 0.29) is 11.8 Å². The molecule has 3 rings (SSSR count). The zero-order chi connectivity index (χ0) is 14.9. The van der Waals surface area contributed by atoms with E-state index in [4.69, 9.17) is 5.26 Å². The highest BCUT2D eigenvalue weighted by Gasteiger charge is 2.51. The van der Waals surface area contributed by atoms with E-state index in [9.17, 15) is 9.59 Å². The fraction of sp³-hybridized carbons (Fsp3) is 0.471. The smallest absolute Gasteiger partial charge is 0.240 e. The van der Waals surface area contributed by atoms with Gasteiger partial charge in [0.15, 0.2) is 0 Å². The van der Waals surface area contributed by atoms with Crippen LogP contribution in [0.3, 0.4) is 0 Å². The van der Waals surface area contributed by atoms with Crippen molar-refractivity contribution >= 4 is 17.5 Å². The zero-order valence-corrected chi connectivity index (χ0v) is 12.0. The molecule has 1 aromatic carbocycles. The molecule has 0 aromatic heterocycles. The van der Waals surface area contributed by atoms with Crippen LogP contribution in [0.1, 0.15) is 50.5 Å². The number of hydrogen-bond acceptors (Lipinski definition) is 3. The van der Waals surface area contributed by atoms with Gasteiger partial charge in [-0.1, -0.05) is 31.7 Å². The van der Waals surface area contributed by atoms with E-state index in [0.717, 1.165) is 38.5 Å². The van der Waals surface area contributed by atoms with E-state index in [1.807, 2.05) is 0 Å². The van der Waals surface area contributed by atoms with Crippen molar-refractivity contribution in [3.8, 4) is 6.07 Å². The molecule has 4 nitrogen and oxygen atoms in total. The number of amides is 2. The molecule has 4 heteroatoms. The SMILES string of the molecule is N#Cc1cccc(N2C(=O)CC3(CCCCCC3)C2=O)c1. The van der Waals surface area contributed by atoms with Gasteiger partial charge in [0.2, 0.25) is 11.8 Å². The minimum absolute atomic E-state index is 0.0653. The van der Waals surface area contributed by atoms with Gasteiger partial charge < -0.3 is 0 Å². The van der Waals surface area contributed by atoms with E-state index in [1.54, 1.807) is 24.3 Å². The van der Waals surface area contributed by atoms with E-state index in [1.165, 1.54) is 4.90 Å². The number of benzene rings is 1. The number of carbonyl (C=O) groups excluding carboxylic acids is 2. The quantitative estimate of drug-likeness (QED) is 0.743. The molecule has 21 heavy (non-hydrogen) atoms. The molecule has 1 spiro atoms. The Bertz CT molecular complexity index is 622. The summed E-state index contributed by atoms with van der Waals surface area (Å²) >= 11 is 0. The van der Waals surface area contributed by atoms with Crippen LogP contribution in [0.4, 0.5) is 5.69 Å². The third-order valence-electron chi connectivity index (χ3n) is 4.69. The van der Waals surface area contributed by atoms with Crippen LogP contribution >= 0.6 is 0 Å². The van der Waals surface area contributed by atoms with Gasteiger partial charge in [-0.2, -0.15) is 5.26 Å². The maximum atomic E-state index is 12.9. The molecule has 2 aliphatic rings. The van der Waals surface area contributed by atoms with Crippen molar-refractivity contribution in [3.05, 3.63) is 29.8 Å². The molecule has 0 radical (unpaired) electrons. The van der Waals surface area contributed by atoms with Gasteiger partial charge in [-0.15, -0.1) is 0 Å². The van der Waals surface area contributed by atoms with Crippen molar-refractivity contribution in [3.63, 3.8) is 0 Å². The number of carbonyl (C=O) groups is 2. The predicted octanol–water partition coefficient (Wildman–Crippen LogP) is 3.16. The lowest BCUT2D eigenvalue weighted by atomic mass is 9.79. The molecule has 1 saturated heterocycles. The van der Waals surface area contributed by atoms with Crippen LogP contribution in [0.2, 0.25) is 0 Å². The van der Waals surface area contributed by atoms with Gasteiger partial charge in [-0.05, 0) is 31.0 Å². The van der Waals surface area contributed by atoms with Crippen LogP contribution in [0.25, 0.3) is 0 Å². The van der Waals surface area contributed by atoms with E-state index in [2.05, 4.69) is 6.07 Å². The highest BCUT2D eigenvalue weighted by molar-refractivity contribution is 6.22. The number of nitriles is 1. The lowest BCUT2D eigenvalue weighted by molar-refractivity contribution is -0.126. The van der Waals surface area contributed by atoms with Gasteiger partial charge in [-0.25, -0.2) is 0 Å². The minimum Gasteiger partial charge on any atom is -0.274 e. The average Bonchev–Trinajstić information content (AvgIpc) is 2.66. The van der Waals surface area contributed by atoms with Gasteiger partial charge >= 0.3 is 0 Å². The number of rotatable bonds is 1. The average molecular weight is 282 g/mol. The van der Waals surface area contributed by atoms with Crippen LogP contribution in [0.15, 0.2) is 24.3 Å². The first kappa shape index (κ1) is 13.8. The molecule has 1 aliphatic heterocycles. The van der Waals surface area contributed by atoms with Crippen molar-refractivity contribution in [2.24, 2.45) is 5.41 Å². The van der Waals surface area contributed by atoms with Gasteiger partial charge in [0, 0.05) is 6.42 Å². The van der Waals surface area contributed by atoms with Crippen molar-refractivity contribution in [2.75, 3.05) is 4.90 Å². The summed E-state index contributed by atoms with van der Waals surface area (Å²) in [4.78, 5) is 26.6. The van der Waals surface area contributed by atoms with Crippen molar-refractivity contribution in [1.29, 1.82) is 5.26 Å². The summed E-state index contributed by atoms with van der Waals surface area (Å²) in [5, 5.41) is 8.98. The highest BCUT2D eigenvalue weighted by atomic mass is 16.2. The summed E-state index contributed by atoms with van der Waals surface area (Å²) in [6.07, 6.45) is 6.27. The number of anilines is 1. The van der Waals surface area contributed by atoms with Crippen LogP contribution in [-0.4, -0.2) is 11.8 Å². The van der Waals surface area contributed by atoms with Crippen molar-refractivity contribution in [1.82, 2.24) is 0 Å². The first-order chi connectivity index (χ1) is 10.2. The lowest BCUT2D eigenvalue weighted by Gasteiger charge is -2.25. The maximum Gasteiger partial charge on any atom is 0.240 e. The standard InChI is InChI=1S/C17H18N2O2/c18-12-13-6-5-7-14(10-13)19-15(20)11-17(16(19)21)8-3-1-2-4-9-17/h5-7,10H,1-4,8-9,11H2. The first-order valence-electron chi connectivity index (χ1n) is 7.54. The molecule has 0 N–H and O–H groups in total. The van der Waals surface area contributed by atoms with Gasteiger partial charge in [-0.3, -0.25) is 14.5 Å². The second-order valence-corrected chi connectivity index (χ2v) is 6.07. The number of hydrogen-bond donors (Lipinski definition) is 0. The Hall–Kier alpha value is -2.15.